The van der Waals surface area contributed by atoms with Crippen molar-refractivity contribution in [3.05, 3.63) is 30.2 Å². The van der Waals surface area contributed by atoms with Crippen molar-refractivity contribution in [1.29, 1.82) is 0 Å². The van der Waals surface area contributed by atoms with Crippen LogP contribution in [0.15, 0.2) is 18.7 Å². The highest BCUT2D eigenvalue weighted by Gasteiger charge is 2.41. The standard InChI is InChI=1S/C20H29N7/c1-20(2,3)17-6-18(22-12-21-17)26-9-14-7-25(8-15(14)10-26)11-19-24-23-13-27(19)16-4-5-16/h6,12-16H,4-5,7-11H2,1-3H3. The van der Waals surface area contributed by atoms with E-state index in [1.54, 1.807) is 6.33 Å². The molecule has 2 aliphatic heterocycles. The van der Waals surface area contributed by atoms with Crippen LogP contribution in [0.4, 0.5) is 5.82 Å². The summed E-state index contributed by atoms with van der Waals surface area (Å²) >= 11 is 0. The zero-order chi connectivity index (χ0) is 18.6. The molecule has 2 saturated heterocycles. The summed E-state index contributed by atoms with van der Waals surface area (Å²) in [6.07, 6.45) is 6.19. The molecule has 2 atom stereocenters. The monoisotopic (exact) mass is 367 g/mol. The van der Waals surface area contributed by atoms with E-state index in [1.807, 2.05) is 6.33 Å². The molecule has 1 saturated carbocycles. The summed E-state index contributed by atoms with van der Waals surface area (Å²) in [5.41, 5.74) is 1.17. The summed E-state index contributed by atoms with van der Waals surface area (Å²) < 4.78 is 2.29. The van der Waals surface area contributed by atoms with E-state index in [0.29, 0.717) is 6.04 Å². The van der Waals surface area contributed by atoms with Crippen LogP contribution in [0.5, 0.6) is 0 Å². The average molecular weight is 368 g/mol. The second-order valence-electron chi connectivity index (χ2n) is 9.52. The summed E-state index contributed by atoms with van der Waals surface area (Å²) in [4.78, 5) is 14.1. The van der Waals surface area contributed by atoms with Gasteiger partial charge in [0.15, 0.2) is 0 Å². The van der Waals surface area contributed by atoms with E-state index in [1.165, 1.54) is 12.8 Å². The van der Waals surface area contributed by atoms with Crippen molar-refractivity contribution >= 4 is 5.82 Å². The van der Waals surface area contributed by atoms with Crippen LogP contribution >= 0.6 is 0 Å². The number of likely N-dealkylation sites (tertiary alicyclic amines) is 1. The summed E-state index contributed by atoms with van der Waals surface area (Å²) in [5.74, 6) is 3.66. The highest BCUT2D eigenvalue weighted by molar-refractivity contribution is 5.42. The van der Waals surface area contributed by atoms with Crippen LogP contribution in [0.25, 0.3) is 0 Å². The van der Waals surface area contributed by atoms with Crippen molar-refractivity contribution in [1.82, 2.24) is 29.6 Å². The van der Waals surface area contributed by atoms with Gasteiger partial charge in [0, 0.05) is 43.7 Å². The number of hydrogen-bond acceptors (Lipinski definition) is 6. The number of fused-ring (bicyclic) bond motifs is 1. The number of anilines is 1. The minimum atomic E-state index is 0.0571. The Labute approximate surface area is 160 Å². The zero-order valence-electron chi connectivity index (χ0n) is 16.5. The van der Waals surface area contributed by atoms with Crippen LogP contribution in [0.3, 0.4) is 0 Å². The van der Waals surface area contributed by atoms with Gasteiger partial charge in [0.25, 0.3) is 0 Å². The lowest BCUT2D eigenvalue weighted by Crippen LogP contribution is -2.30. The molecule has 0 aromatic carbocycles. The van der Waals surface area contributed by atoms with Crippen molar-refractivity contribution in [3.63, 3.8) is 0 Å². The molecule has 1 aliphatic carbocycles. The maximum Gasteiger partial charge on any atom is 0.147 e. The quantitative estimate of drug-likeness (QED) is 0.826. The minimum absolute atomic E-state index is 0.0571. The molecule has 2 unspecified atom stereocenters. The lowest BCUT2D eigenvalue weighted by atomic mass is 9.92. The van der Waals surface area contributed by atoms with Crippen molar-refractivity contribution < 1.29 is 0 Å². The van der Waals surface area contributed by atoms with Gasteiger partial charge in [-0.15, -0.1) is 10.2 Å². The van der Waals surface area contributed by atoms with E-state index in [2.05, 4.69) is 61.4 Å². The van der Waals surface area contributed by atoms with E-state index in [0.717, 1.165) is 61.9 Å². The average Bonchev–Trinajstić information content (AvgIpc) is 3.06. The van der Waals surface area contributed by atoms with E-state index < -0.39 is 0 Å². The van der Waals surface area contributed by atoms with Gasteiger partial charge in [-0.2, -0.15) is 0 Å². The molecule has 0 N–H and O–H groups in total. The predicted octanol–water partition coefficient (Wildman–Crippen LogP) is 2.27. The lowest BCUT2D eigenvalue weighted by molar-refractivity contribution is 0.295. The molecule has 7 nitrogen and oxygen atoms in total. The van der Waals surface area contributed by atoms with E-state index in [4.69, 9.17) is 0 Å². The molecule has 0 radical (unpaired) electrons. The molecule has 0 amide bonds. The third-order valence-electron chi connectivity index (χ3n) is 6.26. The molecule has 7 heteroatoms. The minimum Gasteiger partial charge on any atom is -0.356 e. The first-order valence-electron chi connectivity index (χ1n) is 10.2. The molecule has 2 aromatic rings. The van der Waals surface area contributed by atoms with Crippen LogP contribution in [0.1, 0.15) is 51.2 Å². The Kier molecular flexibility index (Phi) is 3.96. The molecule has 0 spiro atoms. The summed E-state index contributed by atoms with van der Waals surface area (Å²) in [6.45, 7) is 12.0. The summed E-state index contributed by atoms with van der Waals surface area (Å²) in [5, 5.41) is 8.52. The third-order valence-corrected chi connectivity index (χ3v) is 6.26. The van der Waals surface area contributed by atoms with Gasteiger partial charge in [0.2, 0.25) is 0 Å². The van der Waals surface area contributed by atoms with Crippen LogP contribution in [0, 0.1) is 11.8 Å². The molecule has 3 fully saturated rings. The maximum atomic E-state index is 4.56. The van der Waals surface area contributed by atoms with Crippen LogP contribution < -0.4 is 4.90 Å². The fourth-order valence-corrected chi connectivity index (χ4v) is 4.57. The molecule has 27 heavy (non-hydrogen) atoms. The molecule has 4 heterocycles. The number of rotatable bonds is 4. The van der Waals surface area contributed by atoms with Gasteiger partial charge in [0.1, 0.15) is 24.3 Å². The van der Waals surface area contributed by atoms with Gasteiger partial charge < -0.3 is 9.47 Å². The Bertz CT molecular complexity index is 806. The molecule has 0 bridgehead atoms. The first-order valence-corrected chi connectivity index (χ1v) is 10.2. The third kappa shape index (κ3) is 3.33. The van der Waals surface area contributed by atoms with Gasteiger partial charge in [-0.05, 0) is 24.7 Å². The highest BCUT2D eigenvalue weighted by Crippen LogP contribution is 2.37. The van der Waals surface area contributed by atoms with E-state index in [9.17, 15) is 0 Å². The molecule has 2 aromatic heterocycles. The van der Waals surface area contributed by atoms with Crippen molar-refractivity contribution in [2.24, 2.45) is 11.8 Å². The van der Waals surface area contributed by atoms with E-state index >= 15 is 0 Å². The Balaban J connectivity index is 1.23. The molecular weight excluding hydrogens is 338 g/mol. The van der Waals surface area contributed by atoms with Gasteiger partial charge in [0.05, 0.1) is 12.2 Å². The number of hydrogen-bond donors (Lipinski definition) is 0. The van der Waals surface area contributed by atoms with Gasteiger partial charge in [-0.1, -0.05) is 20.8 Å². The SMILES string of the molecule is CC(C)(C)c1cc(N2CC3CN(Cc4nncn4C4CC4)CC3C2)ncn1. The first kappa shape index (κ1) is 17.1. The van der Waals surface area contributed by atoms with Crippen LogP contribution in [-0.2, 0) is 12.0 Å². The number of aromatic nitrogens is 5. The van der Waals surface area contributed by atoms with Crippen LogP contribution in [0.2, 0.25) is 0 Å². The normalized spacial score (nSPS) is 26.0. The Morgan fingerprint density at radius 1 is 1.04 bits per heavy atom. The fraction of sp³-hybridized carbons (Fsp3) is 0.700. The molecule has 3 aliphatic rings. The highest BCUT2D eigenvalue weighted by atomic mass is 15.3. The topological polar surface area (TPSA) is 63.0 Å². The van der Waals surface area contributed by atoms with Crippen molar-refractivity contribution in [2.45, 2.75) is 51.6 Å². The molecule has 144 valence electrons. The van der Waals surface area contributed by atoms with Gasteiger partial charge >= 0.3 is 0 Å². The van der Waals surface area contributed by atoms with Crippen molar-refractivity contribution in [2.75, 3.05) is 31.1 Å². The second-order valence-corrected chi connectivity index (χ2v) is 9.52. The predicted molar refractivity (Wildman–Crippen MR) is 103 cm³/mol. The first-order chi connectivity index (χ1) is 13.0. The van der Waals surface area contributed by atoms with Gasteiger partial charge in [-0.25, -0.2) is 9.97 Å². The zero-order valence-corrected chi connectivity index (χ0v) is 16.5. The second kappa shape index (κ2) is 6.26. The molecule has 5 rings (SSSR count). The van der Waals surface area contributed by atoms with Crippen molar-refractivity contribution in [3.8, 4) is 0 Å². The Hall–Kier alpha value is -2.02. The number of nitrogens with zero attached hydrogens (tertiary/aromatic N) is 7. The van der Waals surface area contributed by atoms with E-state index in [-0.39, 0.29) is 5.41 Å². The Morgan fingerprint density at radius 2 is 1.78 bits per heavy atom. The summed E-state index contributed by atoms with van der Waals surface area (Å²) in [7, 11) is 0. The smallest absolute Gasteiger partial charge is 0.147 e. The van der Waals surface area contributed by atoms with Gasteiger partial charge in [-0.3, -0.25) is 4.90 Å². The lowest BCUT2D eigenvalue weighted by Gasteiger charge is -2.24. The largest absolute Gasteiger partial charge is 0.356 e. The Morgan fingerprint density at radius 3 is 2.44 bits per heavy atom. The van der Waals surface area contributed by atoms with Crippen LogP contribution in [-0.4, -0.2) is 55.8 Å². The molecular formula is C20H29N7. The maximum absolute atomic E-state index is 4.56. The summed E-state index contributed by atoms with van der Waals surface area (Å²) in [6, 6.07) is 2.83. The fourth-order valence-electron chi connectivity index (χ4n) is 4.57.